The molecular weight excluding hydrogens is 226 g/mol. The van der Waals surface area contributed by atoms with Gasteiger partial charge < -0.3 is 0 Å². The van der Waals surface area contributed by atoms with Crippen LogP contribution in [0.25, 0.3) is 0 Å². The van der Waals surface area contributed by atoms with E-state index in [9.17, 15) is 4.79 Å². The van der Waals surface area contributed by atoms with Crippen molar-refractivity contribution in [3.8, 4) is 0 Å². The largest absolute Gasteiger partial charge is 0.271 e. The Balaban J connectivity index is 2.05. The van der Waals surface area contributed by atoms with Crippen molar-refractivity contribution in [2.45, 2.75) is 6.92 Å². The van der Waals surface area contributed by atoms with Crippen LogP contribution >= 0.6 is 0 Å². The molecule has 90 valence electrons. The molecule has 18 heavy (non-hydrogen) atoms. The molecule has 0 saturated carbocycles. The third-order valence-electron chi connectivity index (χ3n) is 2.46. The van der Waals surface area contributed by atoms with Crippen molar-refractivity contribution < 1.29 is 4.79 Å². The standard InChI is InChI=1S/C14H13N3O/c1-11(12-5-3-2-4-6-12)16-17-14(18)13-7-9-15-10-8-13/h2-10H,1H3,(H,17,18)/b16-11+. The first kappa shape index (κ1) is 12.0. The Labute approximate surface area is 105 Å². The van der Waals surface area contributed by atoms with Crippen LogP contribution in [0.15, 0.2) is 60.0 Å². The topological polar surface area (TPSA) is 54.4 Å². The molecule has 1 aromatic carbocycles. The summed E-state index contributed by atoms with van der Waals surface area (Å²) < 4.78 is 0. The van der Waals surface area contributed by atoms with E-state index < -0.39 is 0 Å². The van der Waals surface area contributed by atoms with Crippen LogP contribution in [0.2, 0.25) is 0 Å². The van der Waals surface area contributed by atoms with Gasteiger partial charge in [-0.2, -0.15) is 5.10 Å². The van der Waals surface area contributed by atoms with Gasteiger partial charge in [0.15, 0.2) is 0 Å². The average molecular weight is 239 g/mol. The van der Waals surface area contributed by atoms with E-state index in [0.717, 1.165) is 11.3 Å². The van der Waals surface area contributed by atoms with Crippen LogP contribution in [-0.2, 0) is 0 Å². The fraction of sp³-hybridized carbons (Fsp3) is 0.0714. The smallest absolute Gasteiger partial charge is 0.267 e. The molecule has 0 radical (unpaired) electrons. The minimum absolute atomic E-state index is 0.243. The molecule has 0 saturated heterocycles. The van der Waals surface area contributed by atoms with Gasteiger partial charge >= 0.3 is 0 Å². The van der Waals surface area contributed by atoms with Gasteiger partial charge in [-0.3, -0.25) is 9.78 Å². The maximum Gasteiger partial charge on any atom is 0.271 e. The Hall–Kier alpha value is -2.49. The Morgan fingerprint density at radius 1 is 1.06 bits per heavy atom. The molecule has 1 heterocycles. The van der Waals surface area contributed by atoms with Gasteiger partial charge in [0.2, 0.25) is 0 Å². The lowest BCUT2D eigenvalue weighted by Gasteiger charge is -2.02. The molecule has 0 fully saturated rings. The van der Waals surface area contributed by atoms with Crippen LogP contribution < -0.4 is 5.43 Å². The van der Waals surface area contributed by atoms with Gasteiger partial charge in [0.25, 0.3) is 5.91 Å². The number of nitrogens with zero attached hydrogens (tertiary/aromatic N) is 2. The third kappa shape index (κ3) is 3.01. The normalized spacial score (nSPS) is 11.1. The van der Waals surface area contributed by atoms with E-state index in [1.807, 2.05) is 37.3 Å². The summed E-state index contributed by atoms with van der Waals surface area (Å²) in [6, 6.07) is 13.0. The zero-order valence-corrected chi connectivity index (χ0v) is 10.00. The van der Waals surface area contributed by atoms with Gasteiger partial charge in [-0.15, -0.1) is 0 Å². The third-order valence-corrected chi connectivity index (χ3v) is 2.46. The van der Waals surface area contributed by atoms with Crippen molar-refractivity contribution in [3.05, 3.63) is 66.0 Å². The molecule has 0 atom stereocenters. The molecule has 0 aliphatic carbocycles. The molecule has 4 nitrogen and oxygen atoms in total. The number of hydrogen-bond donors (Lipinski definition) is 1. The minimum atomic E-state index is -0.243. The molecule has 1 aromatic heterocycles. The number of carbonyl (C=O) groups excluding carboxylic acids is 1. The molecule has 4 heteroatoms. The highest BCUT2D eigenvalue weighted by atomic mass is 16.2. The van der Waals surface area contributed by atoms with Crippen LogP contribution in [0.4, 0.5) is 0 Å². The minimum Gasteiger partial charge on any atom is -0.267 e. The van der Waals surface area contributed by atoms with Crippen molar-refractivity contribution in [2.24, 2.45) is 5.10 Å². The first-order valence-electron chi connectivity index (χ1n) is 5.57. The number of rotatable bonds is 3. The zero-order valence-electron chi connectivity index (χ0n) is 10.00. The van der Waals surface area contributed by atoms with Gasteiger partial charge in [-0.1, -0.05) is 30.3 Å². The van der Waals surface area contributed by atoms with Crippen LogP contribution in [0.1, 0.15) is 22.8 Å². The summed E-state index contributed by atoms with van der Waals surface area (Å²) in [6.07, 6.45) is 3.14. The second-order valence-electron chi connectivity index (χ2n) is 3.74. The molecule has 0 aliphatic rings. The molecule has 0 aliphatic heterocycles. The Bertz CT molecular complexity index is 550. The number of carbonyl (C=O) groups is 1. The number of benzene rings is 1. The van der Waals surface area contributed by atoms with Crippen molar-refractivity contribution in [2.75, 3.05) is 0 Å². The predicted molar refractivity (Wildman–Crippen MR) is 70.4 cm³/mol. The molecule has 2 aromatic rings. The lowest BCUT2D eigenvalue weighted by atomic mass is 10.1. The van der Waals surface area contributed by atoms with E-state index in [2.05, 4.69) is 15.5 Å². The van der Waals surface area contributed by atoms with Crippen molar-refractivity contribution in [3.63, 3.8) is 0 Å². The lowest BCUT2D eigenvalue weighted by Crippen LogP contribution is -2.19. The molecule has 0 bridgehead atoms. The Morgan fingerprint density at radius 3 is 2.39 bits per heavy atom. The fourth-order valence-corrected chi connectivity index (χ4v) is 1.45. The summed E-state index contributed by atoms with van der Waals surface area (Å²) in [5.41, 5.74) is 4.80. The average Bonchev–Trinajstić information content (AvgIpc) is 2.46. The van der Waals surface area contributed by atoms with E-state index in [1.54, 1.807) is 24.5 Å². The van der Waals surface area contributed by atoms with E-state index in [-0.39, 0.29) is 5.91 Å². The van der Waals surface area contributed by atoms with Gasteiger partial charge in [-0.05, 0) is 24.6 Å². The first-order valence-corrected chi connectivity index (χ1v) is 5.57. The van der Waals surface area contributed by atoms with Gasteiger partial charge in [0.1, 0.15) is 0 Å². The lowest BCUT2D eigenvalue weighted by molar-refractivity contribution is 0.0954. The number of aromatic nitrogens is 1. The second kappa shape index (κ2) is 5.72. The number of hydrogen-bond acceptors (Lipinski definition) is 3. The first-order chi connectivity index (χ1) is 8.77. The number of pyridine rings is 1. The van der Waals surface area contributed by atoms with E-state index in [0.29, 0.717) is 5.56 Å². The zero-order chi connectivity index (χ0) is 12.8. The maximum absolute atomic E-state index is 11.7. The van der Waals surface area contributed by atoms with E-state index in [1.165, 1.54) is 0 Å². The van der Waals surface area contributed by atoms with Crippen molar-refractivity contribution in [1.29, 1.82) is 0 Å². The molecule has 2 rings (SSSR count). The summed E-state index contributed by atoms with van der Waals surface area (Å²) in [7, 11) is 0. The predicted octanol–water partition coefficient (Wildman–Crippen LogP) is 2.24. The Kier molecular flexibility index (Phi) is 3.81. The number of amides is 1. The second-order valence-corrected chi connectivity index (χ2v) is 3.74. The van der Waals surface area contributed by atoms with E-state index in [4.69, 9.17) is 0 Å². The van der Waals surface area contributed by atoms with E-state index >= 15 is 0 Å². The number of nitrogens with one attached hydrogen (secondary N) is 1. The molecular formula is C14H13N3O. The summed E-state index contributed by atoms with van der Waals surface area (Å²) in [4.78, 5) is 15.6. The van der Waals surface area contributed by atoms with Gasteiger partial charge in [0.05, 0.1) is 5.71 Å². The van der Waals surface area contributed by atoms with Gasteiger partial charge in [0, 0.05) is 18.0 Å². The molecule has 0 unspecified atom stereocenters. The molecule has 1 amide bonds. The highest BCUT2D eigenvalue weighted by molar-refractivity contribution is 6.00. The fourth-order valence-electron chi connectivity index (χ4n) is 1.45. The highest BCUT2D eigenvalue weighted by Crippen LogP contribution is 2.00. The Morgan fingerprint density at radius 2 is 1.72 bits per heavy atom. The monoisotopic (exact) mass is 239 g/mol. The van der Waals surface area contributed by atoms with Crippen LogP contribution in [-0.4, -0.2) is 16.6 Å². The number of hydrazone groups is 1. The SMILES string of the molecule is C/C(=N\NC(=O)c1ccncc1)c1ccccc1. The molecule has 0 spiro atoms. The summed E-state index contributed by atoms with van der Waals surface area (Å²) in [5, 5.41) is 4.07. The summed E-state index contributed by atoms with van der Waals surface area (Å²) >= 11 is 0. The van der Waals surface area contributed by atoms with Crippen molar-refractivity contribution in [1.82, 2.24) is 10.4 Å². The van der Waals surface area contributed by atoms with Crippen LogP contribution in [0.5, 0.6) is 0 Å². The quantitative estimate of drug-likeness (QED) is 0.659. The maximum atomic E-state index is 11.7. The van der Waals surface area contributed by atoms with Gasteiger partial charge in [-0.25, -0.2) is 5.43 Å². The highest BCUT2D eigenvalue weighted by Gasteiger charge is 2.03. The van der Waals surface area contributed by atoms with Crippen LogP contribution in [0.3, 0.4) is 0 Å². The summed E-state index contributed by atoms with van der Waals surface area (Å²) in [5.74, 6) is -0.243. The molecule has 1 N–H and O–H groups in total. The summed E-state index contributed by atoms with van der Waals surface area (Å²) in [6.45, 7) is 1.85. The van der Waals surface area contributed by atoms with Crippen molar-refractivity contribution >= 4 is 11.6 Å². The van der Waals surface area contributed by atoms with Crippen LogP contribution in [0, 0.1) is 0 Å².